The topological polar surface area (TPSA) is 84.9 Å². The molecule has 6 heteroatoms. The van der Waals surface area contributed by atoms with E-state index in [-0.39, 0.29) is 18.4 Å². The van der Waals surface area contributed by atoms with Gasteiger partial charge in [-0.05, 0) is 18.6 Å². The van der Waals surface area contributed by atoms with Crippen molar-refractivity contribution in [1.29, 1.82) is 0 Å². The van der Waals surface area contributed by atoms with Crippen molar-refractivity contribution in [2.75, 3.05) is 19.8 Å². The van der Waals surface area contributed by atoms with E-state index in [1.165, 1.54) is 0 Å². The minimum Gasteiger partial charge on any atom is -0.494 e. The van der Waals surface area contributed by atoms with Crippen LogP contribution in [0.15, 0.2) is 30.3 Å². The summed E-state index contributed by atoms with van der Waals surface area (Å²) in [6, 6.07) is 9.35. The summed E-state index contributed by atoms with van der Waals surface area (Å²) in [5.74, 6) is -0.919. The first-order chi connectivity index (χ1) is 10.5. The van der Waals surface area contributed by atoms with E-state index < -0.39 is 11.5 Å². The Labute approximate surface area is 129 Å². The van der Waals surface area contributed by atoms with Crippen LogP contribution in [0.25, 0.3) is 0 Å². The number of aliphatic carboxylic acids is 1. The summed E-state index contributed by atoms with van der Waals surface area (Å²) < 4.78 is 10.7. The fourth-order valence-corrected chi connectivity index (χ4v) is 2.25. The molecule has 0 aromatic heterocycles. The van der Waals surface area contributed by atoms with E-state index >= 15 is 0 Å². The van der Waals surface area contributed by atoms with Gasteiger partial charge in [0.2, 0.25) is 5.91 Å². The third-order valence-electron chi connectivity index (χ3n) is 3.80. The molecule has 0 bridgehead atoms. The van der Waals surface area contributed by atoms with Crippen molar-refractivity contribution in [2.45, 2.75) is 25.3 Å². The van der Waals surface area contributed by atoms with E-state index in [4.69, 9.17) is 9.47 Å². The first-order valence-corrected chi connectivity index (χ1v) is 7.34. The quantitative estimate of drug-likeness (QED) is 0.796. The molecule has 0 spiro atoms. The Hall–Kier alpha value is -2.08. The van der Waals surface area contributed by atoms with Crippen LogP contribution in [0.1, 0.15) is 19.8 Å². The highest BCUT2D eigenvalue weighted by atomic mass is 16.5. The van der Waals surface area contributed by atoms with Crippen LogP contribution in [0.3, 0.4) is 0 Å². The normalized spacial score (nSPS) is 22.0. The highest BCUT2D eigenvalue weighted by Gasteiger charge is 2.44. The van der Waals surface area contributed by atoms with E-state index in [0.717, 1.165) is 5.75 Å². The molecule has 1 fully saturated rings. The lowest BCUT2D eigenvalue weighted by molar-refractivity contribution is -0.148. The summed E-state index contributed by atoms with van der Waals surface area (Å²) in [6.07, 6.45) is 0.804. The summed E-state index contributed by atoms with van der Waals surface area (Å²) >= 11 is 0. The Bertz CT molecular complexity index is 511. The first-order valence-electron chi connectivity index (χ1n) is 7.34. The van der Waals surface area contributed by atoms with Crippen molar-refractivity contribution in [3.05, 3.63) is 30.3 Å². The minimum absolute atomic E-state index is 0.0152. The fourth-order valence-electron chi connectivity index (χ4n) is 2.25. The zero-order chi connectivity index (χ0) is 16.0. The first kappa shape index (κ1) is 16.3. The van der Waals surface area contributed by atoms with Gasteiger partial charge in [0.15, 0.2) is 5.54 Å². The fraction of sp³-hybridized carbons (Fsp3) is 0.500. The van der Waals surface area contributed by atoms with Gasteiger partial charge in [-0.2, -0.15) is 0 Å². The number of carboxylic acids is 1. The Morgan fingerprint density at radius 1 is 1.41 bits per heavy atom. The standard InChI is InChI=1S/C16H21NO5/c1-12(7-9-22-13-5-3-2-4-6-13)14(18)17-16(15(19)20)8-10-21-11-16/h2-6,12H,7-11H2,1H3,(H,17,18)(H,19,20). The molecule has 2 rings (SSSR count). The van der Waals surface area contributed by atoms with E-state index in [1.54, 1.807) is 6.92 Å². The van der Waals surface area contributed by atoms with Crippen molar-refractivity contribution in [3.63, 3.8) is 0 Å². The number of benzene rings is 1. The van der Waals surface area contributed by atoms with Gasteiger partial charge in [0.25, 0.3) is 0 Å². The van der Waals surface area contributed by atoms with Gasteiger partial charge >= 0.3 is 5.97 Å². The molecule has 1 aliphatic heterocycles. The van der Waals surface area contributed by atoms with Crippen LogP contribution >= 0.6 is 0 Å². The van der Waals surface area contributed by atoms with E-state index in [9.17, 15) is 14.7 Å². The summed E-state index contributed by atoms with van der Waals surface area (Å²) in [5.41, 5.74) is -1.29. The lowest BCUT2D eigenvalue weighted by Gasteiger charge is -2.25. The lowest BCUT2D eigenvalue weighted by atomic mass is 9.97. The van der Waals surface area contributed by atoms with Crippen molar-refractivity contribution < 1.29 is 24.2 Å². The van der Waals surface area contributed by atoms with Crippen LogP contribution in [0, 0.1) is 5.92 Å². The average molecular weight is 307 g/mol. The third kappa shape index (κ3) is 3.98. The predicted molar refractivity (Wildman–Crippen MR) is 79.7 cm³/mol. The molecule has 0 saturated carbocycles. The van der Waals surface area contributed by atoms with Gasteiger partial charge < -0.3 is 19.9 Å². The van der Waals surface area contributed by atoms with Gasteiger partial charge in [-0.3, -0.25) is 4.79 Å². The highest BCUT2D eigenvalue weighted by Crippen LogP contribution is 2.20. The average Bonchev–Trinajstić information content (AvgIpc) is 2.98. The number of amides is 1. The molecule has 6 nitrogen and oxygen atoms in total. The molecule has 0 radical (unpaired) electrons. The molecule has 1 aliphatic rings. The SMILES string of the molecule is CC(CCOc1ccccc1)C(=O)NC1(C(=O)O)CCOC1. The van der Waals surface area contributed by atoms with Gasteiger partial charge in [0, 0.05) is 18.9 Å². The van der Waals surface area contributed by atoms with E-state index in [1.807, 2.05) is 30.3 Å². The molecule has 1 amide bonds. The van der Waals surface area contributed by atoms with Gasteiger partial charge in [-0.25, -0.2) is 4.79 Å². The van der Waals surface area contributed by atoms with Crippen molar-refractivity contribution >= 4 is 11.9 Å². The van der Waals surface area contributed by atoms with Gasteiger partial charge in [-0.1, -0.05) is 25.1 Å². The number of hydrogen-bond acceptors (Lipinski definition) is 4. The van der Waals surface area contributed by atoms with E-state index in [2.05, 4.69) is 5.32 Å². The zero-order valence-corrected chi connectivity index (χ0v) is 12.6. The Morgan fingerprint density at radius 2 is 2.14 bits per heavy atom. The molecule has 1 aromatic carbocycles. The van der Waals surface area contributed by atoms with Crippen LogP contribution in [0.4, 0.5) is 0 Å². The smallest absolute Gasteiger partial charge is 0.331 e. The van der Waals surface area contributed by atoms with Crippen LogP contribution in [-0.2, 0) is 14.3 Å². The zero-order valence-electron chi connectivity index (χ0n) is 12.6. The minimum atomic E-state index is -1.29. The van der Waals surface area contributed by atoms with Crippen molar-refractivity contribution in [1.82, 2.24) is 5.32 Å². The number of carbonyl (C=O) groups is 2. The summed E-state index contributed by atoms with van der Waals surface area (Å²) in [5, 5.41) is 11.9. The maximum absolute atomic E-state index is 12.2. The number of hydrogen-bond donors (Lipinski definition) is 2. The van der Waals surface area contributed by atoms with E-state index in [0.29, 0.717) is 26.1 Å². The molecule has 1 heterocycles. The van der Waals surface area contributed by atoms with Crippen molar-refractivity contribution in [2.24, 2.45) is 5.92 Å². The van der Waals surface area contributed by atoms with Crippen LogP contribution in [-0.4, -0.2) is 42.3 Å². The van der Waals surface area contributed by atoms with Crippen molar-refractivity contribution in [3.8, 4) is 5.75 Å². The molecule has 2 atom stereocenters. The molecule has 2 unspecified atom stereocenters. The Morgan fingerprint density at radius 3 is 2.73 bits per heavy atom. The third-order valence-corrected chi connectivity index (χ3v) is 3.80. The lowest BCUT2D eigenvalue weighted by Crippen LogP contribution is -2.56. The molecule has 1 aromatic rings. The number of ether oxygens (including phenoxy) is 2. The highest BCUT2D eigenvalue weighted by molar-refractivity contribution is 5.88. The molecule has 22 heavy (non-hydrogen) atoms. The number of carbonyl (C=O) groups excluding carboxylic acids is 1. The summed E-state index contributed by atoms with van der Waals surface area (Å²) in [4.78, 5) is 23.5. The Balaban J connectivity index is 1.80. The number of nitrogens with one attached hydrogen (secondary N) is 1. The monoisotopic (exact) mass is 307 g/mol. The molecule has 120 valence electrons. The van der Waals surface area contributed by atoms with Crippen LogP contribution in [0.5, 0.6) is 5.75 Å². The largest absolute Gasteiger partial charge is 0.494 e. The maximum Gasteiger partial charge on any atom is 0.331 e. The number of para-hydroxylation sites is 1. The Kier molecular flexibility index (Phi) is 5.38. The summed E-state index contributed by atoms with van der Waals surface area (Å²) in [6.45, 7) is 2.52. The van der Waals surface area contributed by atoms with Crippen LogP contribution < -0.4 is 10.1 Å². The number of rotatable bonds is 7. The second kappa shape index (κ2) is 7.26. The molecule has 0 aliphatic carbocycles. The summed E-state index contributed by atoms with van der Waals surface area (Å²) in [7, 11) is 0. The molecule has 1 saturated heterocycles. The molecular weight excluding hydrogens is 286 g/mol. The van der Waals surface area contributed by atoms with Crippen LogP contribution in [0.2, 0.25) is 0 Å². The maximum atomic E-state index is 12.2. The van der Waals surface area contributed by atoms with Gasteiger partial charge in [0.05, 0.1) is 13.2 Å². The second-order valence-electron chi connectivity index (χ2n) is 5.53. The van der Waals surface area contributed by atoms with Gasteiger partial charge in [0.1, 0.15) is 5.75 Å². The second-order valence-corrected chi connectivity index (χ2v) is 5.53. The van der Waals surface area contributed by atoms with Gasteiger partial charge in [-0.15, -0.1) is 0 Å². The molecular formula is C16H21NO5. The number of carboxylic acid groups (broad SMARTS) is 1. The predicted octanol–water partition coefficient (Wildman–Crippen LogP) is 1.45. The molecule has 2 N–H and O–H groups in total.